The summed E-state index contributed by atoms with van der Waals surface area (Å²) in [5.74, 6) is 0.841. The number of thioether (sulfide) groups is 1. The van der Waals surface area contributed by atoms with E-state index < -0.39 is 0 Å². The number of carbonyl (C=O) groups is 1. The van der Waals surface area contributed by atoms with Crippen molar-refractivity contribution in [3.63, 3.8) is 0 Å². The molecule has 2 aliphatic rings. The van der Waals surface area contributed by atoms with Gasteiger partial charge in [0.2, 0.25) is 0 Å². The van der Waals surface area contributed by atoms with Gasteiger partial charge in [-0.2, -0.15) is 0 Å². The van der Waals surface area contributed by atoms with Crippen molar-refractivity contribution in [3.05, 3.63) is 62.7 Å². The molecular weight excluding hydrogens is 493 g/mol. The van der Waals surface area contributed by atoms with Gasteiger partial charge >= 0.3 is 0 Å². The van der Waals surface area contributed by atoms with Crippen LogP contribution in [-0.4, -0.2) is 58.4 Å². The largest absolute Gasteiger partial charge is 0.379 e. The number of aryl methyl sites for hydroxylation is 1. The summed E-state index contributed by atoms with van der Waals surface area (Å²) in [5, 5.41) is 4.09. The number of halogens is 2. The molecule has 1 aromatic heterocycles. The molecule has 176 valence electrons. The summed E-state index contributed by atoms with van der Waals surface area (Å²) in [4.78, 5) is 24.8. The number of aromatic nitrogens is 2. The normalized spacial score (nSPS) is 19.4. The molecule has 34 heavy (non-hydrogen) atoms. The highest BCUT2D eigenvalue weighted by molar-refractivity contribution is 8.18. The maximum absolute atomic E-state index is 12.5. The highest BCUT2D eigenvalue weighted by Gasteiger charge is 2.24. The van der Waals surface area contributed by atoms with Crippen molar-refractivity contribution in [2.75, 3.05) is 32.8 Å². The van der Waals surface area contributed by atoms with Crippen molar-refractivity contribution in [1.82, 2.24) is 19.8 Å². The van der Waals surface area contributed by atoms with Gasteiger partial charge in [0.25, 0.3) is 5.91 Å². The second-order valence-electron chi connectivity index (χ2n) is 8.09. The van der Waals surface area contributed by atoms with Gasteiger partial charge in [0, 0.05) is 33.1 Å². The molecule has 1 amide bonds. The zero-order valence-electron chi connectivity index (χ0n) is 18.6. The van der Waals surface area contributed by atoms with Crippen molar-refractivity contribution in [1.29, 1.82) is 0 Å². The third-order valence-corrected chi connectivity index (χ3v) is 7.37. The highest BCUT2D eigenvalue weighted by atomic mass is 35.5. The molecule has 0 aliphatic carbocycles. The monoisotopic (exact) mass is 515 g/mol. The molecule has 3 aromatic rings. The molecular formula is C24H23Cl2N5O2S. The number of ether oxygens (including phenoxy) is 1. The maximum atomic E-state index is 12.5. The second kappa shape index (κ2) is 10.1. The predicted molar refractivity (Wildman–Crippen MR) is 139 cm³/mol. The molecule has 0 spiro atoms. The molecule has 10 heteroatoms. The number of nitrogens with zero attached hydrogens (tertiary/aromatic N) is 4. The molecule has 5 rings (SSSR count). The Morgan fingerprint density at radius 3 is 2.74 bits per heavy atom. The fourth-order valence-electron chi connectivity index (χ4n) is 3.98. The molecule has 0 saturated carbocycles. The van der Waals surface area contributed by atoms with Crippen LogP contribution in [0.3, 0.4) is 0 Å². The molecule has 2 aromatic carbocycles. The number of nitrogens with one attached hydrogen (secondary N) is 1. The van der Waals surface area contributed by atoms with Crippen LogP contribution in [-0.2, 0) is 23.0 Å². The lowest BCUT2D eigenvalue weighted by Crippen LogP contribution is -2.37. The molecule has 2 fully saturated rings. The second-order valence-corrected chi connectivity index (χ2v) is 9.94. The van der Waals surface area contributed by atoms with Crippen molar-refractivity contribution in [2.24, 2.45) is 12.0 Å². The van der Waals surface area contributed by atoms with Gasteiger partial charge in [-0.1, -0.05) is 35.3 Å². The molecule has 0 radical (unpaired) electrons. The molecule has 0 atom stereocenters. The summed E-state index contributed by atoms with van der Waals surface area (Å²) in [5.41, 5.74) is 3.34. The molecule has 2 aliphatic heterocycles. The van der Waals surface area contributed by atoms with Gasteiger partial charge in [-0.25, -0.2) is 9.98 Å². The van der Waals surface area contributed by atoms with E-state index in [-0.39, 0.29) is 5.91 Å². The Bertz CT molecular complexity index is 1290. The van der Waals surface area contributed by atoms with Gasteiger partial charge in [-0.15, -0.1) is 0 Å². The lowest BCUT2D eigenvalue weighted by Gasteiger charge is -2.26. The Morgan fingerprint density at radius 2 is 1.97 bits per heavy atom. The third-order valence-electron chi connectivity index (χ3n) is 5.85. The minimum Gasteiger partial charge on any atom is -0.379 e. The van der Waals surface area contributed by atoms with Gasteiger partial charge in [0.15, 0.2) is 5.17 Å². The smallest absolute Gasteiger partial charge is 0.264 e. The zero-order chi connectivity index (χ0) is 23.7. The number of amides is 1. The fraction of sp³-hybridized carbons (Fsp3) is 0.292. The van der Waals surface area contributed by atoms with E-state index in [2.05, 4.69) is 25.8 Å². The van der Waals surface area contributed by atoms with Crippen molar-refractivity contribution >= 4 is 68.8 Å². The van der Waals surface area contributed by atoms with Crippen LogP contribution in [0.2, 0.25) is 10.0 Å². The van der Waals surface area contributed by atoms with Crippen LogP contribution in [0.15, 0.2) is 46.3 Å². The number of benzene rings is 2. The maximum Gasteiger partial charge on any atom is 0.264 e. The number of fused-ring (bicyclic) bond motifs is 1. The topological polar surface area (TPSA) is 71.8 Å². The first kappa shape index (κ1) is 23.4. The van der Waals surface area contributed by atoms with Crippen LogP contribution < -0.4 is 5.32 Å². The number of amidine groups is 1. The molecule has 7 nitrogen and oxygen atoms in total. The van der Waals surface area contributed by atoms with E-state index >= 15 is 0 Å². The van der Waals surface area contributed by atoms with E-state index in [0.717, 1.165) is 61.7 Å². The molecule has 2 saturated heterocycles. The summed E-state index contributed by atoms with van der Waals surface area (Å²) in [6.45, 7) is 4.49. The average Bonchev–Trinajstić information content (AvgIpc) is 3.34. The van der Waals surface area contributed by atoms with Crippen LogP contribution in [0, 0.1) is 0 Å². The van der Waals surface area contributed by atoms with Crippen LogP contribution >= 0.6 is 35.0 Å². The van der Waals surface area contributed by atoms with Gasteiger partial charge in [0.05, 0.1) is 39.2 Å². The SMILES string of the molecule is Cn1c(CCN2CCOCC2)nc2ccc(/C=C3/SC(=Nc4c(Cl)cccc4Cl)NC3=O)cc21. The van der Waals surface area contributed by atoms with E-state index in [1.165, 1.54) is 11.8 Å². The molecule has 0 bridgehead atoms. The van der Waals surface area contributed by atoms with E-state index in [4.69, 9.17) is 32.9 Å². The number of hydrogen-bond acceptors (Lipinski definition) is 6. The Kier molecular flexibility index (Phi) is 6.94. The lowest BCUT2D eigenvalue weighted by molar-refractivity contribution is -0.115. The average molecular weight is 516 g/mol. The van der Waals surface area contributed by atoms with Crippen molar-refractivity contribution in [2.45, 2.75) is 6.42 Å². The summed E-state index contributed by atoms with van der Waals surface area (Å²) in [6.07, 6.45) is 2.74. The van der Waals surface area contributed by atoms with Crippen molar-refractivity contribution in [3.8, 4) is 0 Å². The third kappa shape index (κ3) is 5.01. The fourth-order valence-corrected chi connectivity index (χ4v) is 5.29. The first-order valence-corrected chi connectivity index (χ1v) is 12.5. The Labute approximate surface area is 211 Å². The first-order chi connectivity index (χ1) is 16.5. The quantitative estimate of drug-likeness (QED) is 0.500. The van der Waals surface area contributed by atoms with Crippen LogP contribution in [0.4, 0.5) is 5.69 Å². The summed E-state index contributed by atoms with van der Waals surface area (Å²) in [6, 6.07) is 11.2. The number of rotatable bonds is 5. The molecule has 3 heterocycles. The predicted octanol–water partition coefficient (Wildman–Crippen LogP) is 4.65. The van der Waals surface area contributed by atoms with Crippen LogP contribution in [0.25, 0.3) is 17.1 Å². The molecule has 0 unspecified atom stereocenters. The van der Waals surface area contributed by atoms with E-state index in [1.807, 2.05) is 25.3 Å². The van der Waals surface area contributed by atoms with Gasteiger partial charge in [0.1, 0.15) is 11.5 Å². The van der Waals surface area contributed by atoms with Crippen LogP contribution in [0.5, 0.6) is 0 Å². The number of hydrogen-bond donors (Lipinski definition) is 1. The summed E-state index contributed by atoms with van der Waals surface area (Å²) < 4.78 is 7.56. The summed E-state index contributed by atoms with van der Waals surface area (Å²) in [7, 11) is 2.04. The van der Waals surface area contributed by atoms with E-state index in [9.17, 15) is 4.79 Å². The standard InChI is InChI=1S/C24H23Cl2N5O2S/c1-30-19-13-15(5-6-18(19)27-21(30)7-8-31-9-11-33-12-10-31)14-20-23(32)29-24(34-20)28-22-16(25)3-2-4-17(22)26/h2-6,13-14H,7-12H2,1H3,(H,28,29,32)/b20-14+. The van der Waals surface area contributed by atoms with Gasteiger partial charge < -0.3 is 14.6 Å². The summed E-state index contributed by atoms with van der Waals surface area (Å²) >= 11 is 13.7. The van der Waals surface area contributed by atoms with Gasteiger partial charge in [-0.05, 0) is 47.7 Å². The lowest BCUT2D eigenvalue weighted by atomic mass is 10.2. The minimum atomic E-state index is -0.205. The Hall–Kier alpha value is -2.36. The number of aliphatic imine (C=N–C) groups is 1. The molecule has 1 N–H and O–H groups in total. The highest BCUT2D eigenvalue weighted by Crippen LogP contribution is 2.35. The van der Waals surface area contributed by atoms with Crippen LogP contribution in [0.1, 0.15) is 11.4 Å². The number of imidazole rings is 1. The van der Waals surface area contributed by atoms with Crippen molar-refractivity contribution < 1.29 is 9.53 Å². The Balaban J connectivity index is 1.35. The first-order valence-electron chi connectivity index (χ1n) is 11.0. The zero-order valence-corrected chi connectivity index (χ0v) is 20.9. The number of carbonyl (C=O) groups excluding carboxylic acids is 1. The van der Waals surface area contributed by atoms with E-state index in [0.29, 0.717) is 25.8 Å². The number of para-hydroxylation sites is 1. The minimum absolute atomic E-state index is 0.205. The number of morpholine rings is 1. The van der Waals surface area contributed by atoms with Gasteiger partial charge in [-0.3, -0.25) is 9.69 Å². The Morgan fingerprint density at radius 1 is 1.21 bits per heavy atom. The van der Waals surface area contributed by atoms with E-state index in [1.54, 1.807) is 18.2 Å².